The van der Waals surface area contributed by atoms with E-state index in [0.717, 1.165) is 50.6 Å². The zero-order valence-corrected chi connectivity index (χ0v) is 12.1. The molecular formula is C15H26N2O2. The van der Waals surface area contributed by atoms with Gasteiger partial charge in [0.1, 0.15) is 5.75 Å². The Morgan fingerprint density at radius 3 is 2.63 bits per heavy atom. The van der Waals surface area contributed by atoms with E-state index >= 15 is 0 Å². The van der Waals surface area contributed by atoms with Gasteiger partial charge in [0.05, 0.1) is 13.2 Å². The molecule has 0 aliphatic rings. The standard InChI is InChI=1S/C15H26N2O2/c1-3-17(10-12-18-2)9-6-11-19-15-8-5-4-7-14(15)13-16/h4-5,7-8H,3,6,9-13,16H2,1-2H3. The first-order valence-electron chi connectivity index (χ1n) is 6.93. The maximum atomic E-state index is 5.79. The predicted octanol–water partition coefficient (Wildman–Crippen LogP) is 1.88. The molecule has 0 bridgehead atoms. The number of rotatable bonds is 10. The summed E-state index contributed by atoms with van der Waals surface area (Å²) >= 11 is 0. The van der Waals surface area contributed by atoms with Gasteiger partial charge in [-0.1, -0.05) is 25.1 Å². The van der Waals surface area contributed by atoms with Gasteiger partial charge < -0.3 is 20.1 Å². The molecule has 4 heteroatoms. The fourth-order valence-corrected chi connectivity index (χ4v) is 1.93. The highest BCUT2D eigenvalue weighted by Crippen LogP contribution is 2.17. The third kappa shape index (κ3) is 6.05. The van der Waals surface area contributed by atoms with Crippen LogP contribution < -0.4 is 10.5 Å². The molecule has 108 valence electrons. The molecule has 0 aliphatic carbocycles. The van der Waals surface area contributed by atoms with E-state index in [0.29, 0.717) is 6.54 Å². The van der Waals surface area contributed by atoms with E-state index in [-0.39, 0.29) is 0 Å². The first-order valence-corrected chi connectivity index (χ1v) is 6.93. The van der Waals surface area contributed by atoms with Crippen molar-refractivity contribution in [2.75, 3.05) is 40.0 Å². The van der Waals surface area contributed by atoms with Gasteiger partial charge in [-0.3, -0.25) is 0 Å². The maximum Gasteiger partial charge on any atom is 0.123 e. The number of ether oxygens (including phenoxy) is 2. The minimum absolute atomic E-state index is 0.519. The van der Waals surface area contributed by atoms with Gasteiger partial charge in [0.2, 0.25) is 0 Å². The summed E-state index contributed by atoms with van der Waals surface area (Å²) in [7, 11) is 1.74. The number of methoxy groups -OCH3 is 1. The summed E-state index contributed by atoms with van der Waals surface area (Å²) in [4.78, 5) is 2.36. The Morgan fingerprint density at radius 2 is 1.95 bits per heavy atom. The second-order valence-corrected chi connectivity index (χ2v) is 4.44. The van der Waals surface area contributed by atoms with Crippen molar-refractivity contribution >= 4 is 0 Å². The third-order valence-corrected chi connectivity index (χ3v) is 3.13. The van der Waals surface area contributed by atoms with Crippen LogP contribution in [0.1, 0.15) is 18.9 Å². The quantitative estimate of drug-likeness (QED) is 0.657. The Balaban J connectivity index is 2.26. The van der Waals surface area contributed by atoms with Crippen LogP contribution in [0.4, 0.5) is 0 Å². The molecule has 1 aromatic rings. The van der Waals surface area contributed by atoms with Crippen LogP contribution in [0, 0.1) is 0 Å². The van der Waals surface area contributed by atoms with Crippen LogP contribution in [0.25, 0.3) is 0 Å². The molecule has 0 fully saturated rings. The molecule has 0 heterocycles. The lowest BCUT2D eigenvalue weighted by Crippen LogP contribution is -2.29. The summed E-state index contributed by atoms with van der Waals surface area (Å²) in [6.07, 6.45) is 1.01. The molecule has 0 radical (unpaired) electrons. The van der Waals surface area contributed by atoms with E-state index in [4.69, 9.17) is 15.2 Å². The van der Waals surface area contributed by atoms with Crippen molar-refractivity contribution in [3.8, 4) is 5.75 Å². The molecule has 1 rings (SSSR count). The van der Waals surface area contributed by atoms with Gasteiger partial charge >= 0.3 is 0 Å². The Hall–Kier alpha value is -1.10. The molecule has 1 aromatic carbocycles. The zero-order chi connectivity index (χ0) is 13.9. The summed E-state index contributed by atoms with van der Waals surface area (Å²) in [6.45, 7) is 7.25. The summed E-state index contributed by atoms with van der Waals surface area (Å²) in [5, 5.41) is 0. The van der Waals surface area contributed by atoms with Gasteiger partial charge in [0.15, 0.2) is 0 Å². The molecule has 0 amide bonds. The number of likely N-dealkylation sites (N-methyl/N-ethyl adjacent to an activating group) is 1. The highest BCUT2D eigenvalue weighted by atomic mass is 16.5. The fraction of sp³-hybridized carbons (Fsp3) is 0.600. The fourth-order valence-electron chi connectivity index (χ4n) is 1.93. The largest absolute Gasteiger partial charge is 0.493 e. The SMILES string of the molecule is CCN(CCCOc1ccccc1CN)CCOC. The van der Waals surface area contributed by atoms with E-state index in [2.05, 4.69) is 11.8 Å². The van der Waals surface area contributed by atoms with Crippen molar-refractivity contribution < 1.29 is 9.47 Å². The third-order valence-electron chi connectivity index (χ3n) is 3.13. The monoisotopic (exact) mass is 266 g/mol. The molecule has 0 atom stereocenters. The van der Waals surface area contributed by atoms with Crippen LogP contribution in [0.3, 0.4) is 0 Å². The Bertz CT molecular complexity index is 345. The molecule has 0 aliphatic heterocycles. The van der Waals surface area contributed by atoms with Crippen molar-refractivity contribution in [2.45, 2.75) is 19.9 Å². The summed E-state index contributed by atoms with van der Waals surface area (Å²) in [5.74, 6) is 0.907. The van der Waals surface area contributed by atoms with E-state index in [9.17, 15) is 0 Å². The van der Waals surface area contributed by atoms with Crippen molar-refractivity contribution in [2.24, 2.45) is 5.73 Å². The van der Waals surface area contributed by atoms with Crippen LogP contribution in [-0.4, -0.2) is 44.9 Å². The van der Waals surface area contributed by atoms with E-state index in [1.807, 2.05) is 24.3 Å². The van der Waals surface area contributed by atoms with Crippen molar-refractivity contribution in [3.05, 3.63) is 29.8 Å². The van der Waals surface area contributed by atoms with Crippen LogP contribution in [-0.2, 0) is 11.3 Å². The number of nitrogens with zero attached hydrogens (tertiary/aromatic N) is 1. The topological polar surface area (TPSA) is 47.7 Å². The van der Waals surface area contributed by atoms with Crippen LogP contribution >= 0.6 is 0 Å². The highest BCUT2D eigenvalue weighted by molar-refractivity contribution is 5.32. The molecular weight excluding hydrogens is 240 g/mol. The van der Waals surface area contributed by atoms with E-state index in [1.165, 1.54) is 0 Å². The summed E-state index contributed by atoms with van der Waals surface area (Å²) in [6, 6.07) is 7.95. The Morgan fingerprint density at radius 1 is 1.16 bits per heavy atom. The highest BCUT2D eigenvalue weighted by Gasteiger charge is 2.03. The zero-order valence-electron chi connectivity index (χ0n) is 12.1. The first-order chi connectivity index (χ1) is 9.31. The second kappa shape index (κ2) is 9.78. The Labute approximate surface area is 116 Å². The van der Waals surface area contributed by atoms with Crippen molar-refractivity contribution in [1.29, 1.82) is 0 Å². The average Bonchev–Trinajstić information content (AvgIpc) is 2.47. The van der Waals surface area contributed by atoms with Crippen LogP contribution in [0.15, 0.2) is 24.3 Å². The smallest absolute Gasteiger partial charge is 0.123 e. The molecule has 0 saturated carbocycles. The van der Waals surface area contributed by atoms with Crippen LogP contribution in [0.2, 0.25) is 0 Å². The lowest BCUT2D eigenvalue weighted by molar-refractivity contribution is 0.146. The number of hydrogen-bond donors (Lipinski definition) is 1. The van der Waals surface area contributed by atoms with Crippen molar-refractivity contribution in [3.63, 3.8) is 0 Å². The van der Waals surface area contributed by atoms with Crippen LogP contribution in [0.5, 0.6) is 5.75 Å². The lowest BCUT2D eigenvalue weighted by atomic mass is 10.2. The predicted molar refractivity (Wildman–Crippen MR) is 78.4 cm³/mol. The average molecular weight is 266 g/mol. The normalized spacial score (nSPS) is 10.9. The second-order valence-electron chi connectivity index (χ2n) is 4.44. The minimum atomic E-state index is 0.519. The molecule has 4 nitrogen and oxygen atoms in total. The van der Waals surface area contributed by atoms with Gasteiger partial charge in [-0.25, -0.2) is 0 Å². The molecule has 19 heavy (non-hydrogen) atoms. The van der Waals surface area contributed by atoms with Gasteiger partial charge in [0, 0.05) is 32.3 Å². The lowest BCUT2D eigenvalue weighted by Gasteiger charge is -2.20. The van der Waals surface area contributed by atoms with E-state index in [1.54, 1.807) is 7.11 Å². The van der Waals surface area contributed by atoms with Gasteiger partial charge in [-0.2, -0.15) is 0 Å². The number of nitrogens with two attached hydrogens (primary N) is 1. The molecule has 2 N–H and O–H groups in total. The van der Waals surface area contributed by atoms with Gasteiger partial charge in [0.25, 0.3) is 0 Å². The summed E-state index contributed by atoms with van der Waals surface area (Å²) < 4.78 is 10.9. The van der Waals surface area contributed by atoms with E-state index < -0.39 is 0 Å². The minimum Gasteiger partial charge on any atom is -0.493 e. The maximum absolute atomic E-state index is 5.79. The number of benzene rings is 1. The Kier molecular flexibility index (Phi) is 8.21. The number of para-hydroxylation sites is 1. The molecule has 0 unspecified atom stereocenters. The van der Waals surface area contributed by atoms with Crippen molar-refractivity contribution in [1.82, 2.24) is 4.90 Å². The first kappa shape index (κ1) is 16.0. The van der Waals surface area contributed by atoms with Gasteiger partial charge in [-0.15, -0.1) is 0 Å². The molecule has 0 aromatic heterocycles. The summed E-state index contributed by atoms with van der Waals surface area (Å²) in [5.41, 5.74) is 6.74. The molecule has 0 spiro atoms. The van der Waals surface area contributed by atoms with Gasteiger partial charge in [-0.05, 0) is 19.0 Å². The molecule has 0 saturated heterocycles. The number of hydrogen-bond acceptors (Lipinski definition) is 4.